The molecule has 0 fully saturated rings. The first-order chi connectivity index (χ1) is 10.6. The highest BCUT2D eigenvalue weighted by atomic mass is 35.5. The Morgan fingerprint density at radius 3 is 2.55 bits per heavy atom. The monoisotopic (exact) mass is 331 g/mol. The van der Waals surface area contributed by atoms with E-state index in [2.05, 4.69) is 17.4 Å². The van der Waals surface area contributed by atoms with E-state index in [0.29, 0.717) is 16.5 Å². The Morgan fingerprint density at radius 2 is 1.77 bits per heavy atom. The molecule has 0 saturated carbocycles. The summed E-state index contributed by atoms with van der Waals surface area (Å²) in [7, 11) is 0. The predicted molar refractivity (Wildman–Crippen MR) is 90.0 cm³/mol. The van der Waals surface area contributed by atoms with Crippen molar-refractivity contribution in [1.82, 2.24) is 0 Å². The number of fused-ring (bicyclic) bond motifs is 2. The summed E-state index contributed by atoms with van der Waals surface area (Å²) in [6.45, 7) is 0. The Labute approximate surface area is 139 Å². The topological polar surface area (TPSA) is 29.1 Å². The Hall–Kier alpha value is -1.51. The van der Waals surface area contributed by atoms with Crippen LogP contribution in [-0.2, 0) is 17.6 Å². The zero-order valence-corrected chi connectivity index (χ0v) is 13.5. The highest BCUT2D eigenvalue weighted by Gasteiger charge is 2.29. The molecule has 0 spiro atoms. The first kappa shape index (κ1) is 14.1. The summed E-state index contributed by atoms with van der Waals surface area (Å²) in [5.74, 6) is 0.0425. The van der Waals surface area contributed by atoms with Gasteiger partial charge in [-0.2, -0.15) is 0 Å². The van der Waals surface area contributed by atoms with Crippen molar-refractivity contribution in [1.29, 1.82) is 0 Å². The van der Waals surface area contributed by atoms with Gasteiger partial charge in [0.05, 0.1) is 0 Å². The molecule has 0 radical (unpaired) electrons. The van der Waals surface area contributed by atoms with Crippen molar-refractivity contribution in [3.63, 3.8) is 0 Å². The van der Waals surface area contributed by atoms with Crippen LogP contribution in [0.15, 0.2) is 30.3 Å². The summed E-state index contributed by atoms with van der Waals surface area (Å²) in [5, 5.41) is 4.25. The molecular formula is C18H15Cl2NO. The standard InChI is InChI=1S/C18H15Cl2NO/c19-12-4-5-13(16(20)8-12)14-9-18(22)21-17-7-11-3-1-2-10(11)6-15(14)17/h4-8,14H,1-3,9H2,(H,21,22). The molecule has 1 atom stereocenters. The molecule has 2 aliphatic rings. The van der Waals surface area contributed by atoms with Crippen LogP contribution in [0.2, 0.25) is 10.0 Å². The molecule has 1 aliphatic heterocycles. The maximum absolute atomic E-state index is 12.1. The second-order valence-corrected chi connectivity index (χ2v) is 6.88. The van der Waals surface area contributed by atoms with Gasteiger partial charge in [0, 0.05) is 28.1 Å². The van der Waals surface area contributed by atoms with E-state index >= 15 is 0 Å². The average molecular weight is 332 g/mol. The highest BCUT2D eigenvalue weighted by molar-refractivity contribution is 6.35. The van der Waals surface area contributed by atoms with Gasteiger partial charge in [-0.05, 0) is 59.7 Å². The van der Waals surface area contributed by atoms with Crippen molar-refractivity contribution in [3.05, 3.63) is 62.6 Å². The summed E-state index contributed by atoms with van der Waals surface area (Å²) in [6, 6.07) is 9.92. The van der Waals surface area contributed by atoms with E-state index in [1.165, 1.54) is 23.1 Å². The Bertz CT molecular complexity index is 785. The Morgan fingerprint density at radius 1 is 1.00 bits per heavy atom. The third-order valence-electron chi connectivity index (χ3n) is 4.64. The quantitative estimate of drug-likeness (QED) is 0.786. The van der Waals surface area contributed by atoms with E-state index in [1.807, 2.05) is 12.1 Å². The van der Waals surface area contributed by atoms with Gasteiger partial charge in [-0.3, -0.25) is 4.79 Å². The largest absolute Gasteiger partial charge is 0.326 e. The fourth-order valence-corrected chi connectivity index (χ4v) is 4.14. The van der Waals surface area contributed by atoms with E-state index in [9.17, 15) is 4.79 Å². The zero-order chi connectivity index (χ0) is 15.3. The minimum Gasteiger partial charge on any atom is -0.326 e. The molecule has 4 rings (SSSR count). The van der Waals surface area contributed by atoms with Crippen LogP contribution in [0.3, 0.4) is 0 Å². The van der Waals surface area contributed by atoms with Crippen LogP contribution in [0.5, 0.6) is 0 Å². The Kier molecular flexibility index (Phi) is 3.39. The number of hydrogen-bond acceptors (Lipinski definition) is 1. The predicted octanol–water partition coefficient (Wildman–Crippen LogP) is 4.96. The molecule has 2 aromatic rings. The number of nitrogens with one attached hydrogen (secondary N) is 1. The molecule has 112 valence electrons. The number of aryl methyl sites for hydroxylation is 2. The van der Waals surface area contributed by atoms with Gasteiger partial charge < -0.3 is 5.32 Å². The lowest BCUT2D eigenvalue weighted by Gasteiger charge is -2.27. The van der Waals surface area contributed by atoms with E-state index in [4.69, 9.17) is 23.2 Å². The number of benzene rings is 2. The normalized spacial score (nSPS) is 19.5. The van der Waals surface area contributed by atoms with Gasteiger partial charge in [-0.25, -0.2) is 0 Å². The molecule has 0 saturated heterocycles. The molecule has 1 aliphatic carbocycles. The fourth-order valence-electron chi connectivity index (χ4n) is 3.60. The lowest BCUT2D eigenvalue weighted by atomic mass is 9.83. The van der Waals surface area contributed by atoms with Gasteiger partial charge in [0.1, 0.15) is 0 Å². The lowest BCUT2D eigenvalue weighted by Crippen LogP contribution is -2.24. The number of carbonyl (C=O) groups excluding carboxylic acids is 1. The zero-order valence-electron chi connectivity index (χ0n) is 12.0. The fraction of sp³-hybridized carbons (Fsp3) is 0.278. The summed E-state index contributed by atoms with van der Waals surface area (Å²) in [5.41, 5.74) is 5.85. The minimum atomic E-state index is -0.000540. The number of amides is 1. The van der Waals surface area contributed by atoms with Crippen molar-refractivity contribution >= 4 is 34.8 Å². The molecular weight excluding hydrogens is 317 g/mol. The molecule has 1 heterocycles. The highest BCUT2D eigenvalue weighted by Crippen LogP contribution is 2.42. The van der Waals surface area contributed by atoms with Crippen LogP contribution < -0.4 is 5.32 Å². The Balaban J connectivity index is 1.86. The molecule has 4 heteroatoms. The number of carbonyl (C=O) groups is 1. The van der Waals surface area contributed by atoms with Gasteiger partial charge in [0.15, 0.2) is 0 Å². The van der Waals surface area contributed by atoms with Gasteiger partial charge in [-0.15, -0.1) is 0 Å². The van der Waals surface area contributed by atoms with Crippen molar-refractivity contribution in [2.24, 2.45) is 0 Å². The number of rotatable bonds is 1. The van der Waals surface area contributed by atoms with E-state index in [-0.39, 0.29) is 11.8 Å². The molecule has 2 aromatic carbocycles. The first-order valence-corrected chi connectivity index (χ1v) is 8.28. The van der Waals surface area contributed by atoms with Crippen LogP contribution in [0.1, 0.15) is 41.0 Å². The molecule has 1 amide bonds. The maximum atomic E-state index is 12.1. The summed E-state index contributed by atoms with van der Waals surface area (Å²) in [4.78, 5) is 12.1. The second kappa shape index (κ2) is 5.29. The smallest absolute Gasteiger partial charge is 0.225 e. The van der Waals surface area contributed by atoms with Gasteiger partial charge >= 0.3 is 0 Å². The molecule has 1 unspecified atom stereocenters. The number of hydrogen-bond donors (Lipinski definition) is 1. The van der Waals surface area contributed by atoms with Crippen LogP contribution in [-0.4, -0.2) is 5.91 Å². The SMILES string of the molecule is O=C1CC(c2ccc(Cl)cc2Cl)c2cc3c(cc2N1)CCC3. The van der Waals surface area contributed by atoms with Gasteiger partial charge in [0.25, 0.3) is 0 Å². The van der Waals surface area contributed by atoms with Crippen molar-refractivity contribution in [3.8, 4) is 0 Å². The minimum absolute atomic E-state index is 0.000540. The van der Waals surface area contributed by atoms with Gasteiger partial charge in [-0.1, -0.05) is 35.3 Å². The molecule has 0 bridgehead atoms. The van der Waals surface area contributed by atoms with E-state index < -0.39 is 0 Å². The summed E-state index contributed by atoms with van der Waals surface area (Å²) < 4.78 is 0. The number of halogens is 2. The summed E-state index contributed by atoms with van der Waals surface area (Å²) >= 11 is 12.4. The van der Waals surface area contributed by atoms with Crippen LogP contribution >= 0.6 is 23.2 Å². The van der Waals surface area contributed by atoms with Crippen molar-refractivity contribution in [2.75, 3.05) is 5.32 Å². The van der Waals surface area contributed by atoms with Crippen LogP contribution in [0.4, 0.5) is 5.69 Å². The average Bonchev–Trinajstić information content (AvgIpc) is 2.91. The van der Waals surface area contributed by atoms with E-state index in [1.54, 1.807) is 6.07 Å². The molecule has 2 nitrogen and oxygen atoms in total. The third kappa shape index (κ3) is 2.31. The maximum Gasteiger partial charge on any atom is 0.225 e. The van der Waals surface area contributed by atoms with Crippen LogP contribution in [0, 0.1) is 0 Å². The molecule has 1 N–H and O–H groups in total. The molecule has 22 heavy (non-hydrogen) atoms. The number of anilines is 1. The van der Waals surface area contributed by atoms with Crippen molar-refractivity contribution in [2.45, 2.75) is 31.6 Å². The third-order valence-corrected chi connectivity index (χ3v) is 5.20. The van der Waals surface area contributed by atoms with Crippen LogP contribution in [0.25, 0.3) is 0 Å². The van der Waals surface area contributed by atoms with E-state index in [0.717, 1.165) is 24.1 Å². The first-order valence-electron chi connectivity index (χ1n) is 7.52. The van der Waals surface area contributed by atoms with Gasteiger partial charge in [0.2, 0.25) is 5.91 Å². The second-order valence-electron chi connectivity index (χ2n) is 6.03. The molecule has 0 aromatic heterocycles. The summed E-state index contributed by atoms with van der Waals surface area (Å²) in [6.07, 6.45) is 3.84. The van der Waals surface area contributed by atoms with Crippen molar-refractivity contribution < 1.29 is 4.79 Å². The lowest BCUT2D eigenvalue weighted by molar-refractivity contribution is -0.116.